The number of nitrogens with two attached hydrogens (primary N) is 1. The van der Waals surface area contributed by atoms with Crippen LogP contribution in [0.1, 0.15) is 10.5 Å². The smallest absolute Gasteiger partial charge is 0.273 e. The predicted molar refractivity (Wildman–Crippen MR) is 61.6 cm³/mol. The van der Waals surface area contributed by atoms with Crippen molar-refractivity contribution >= 4 is 16.8 Å². The summed E-state index contributed by atoms with van der Waals surface area (Å²) in [5.74, 6) is 0.169. The average molecular weight is 247 g/mol. The molecule has 0 fully saturated rings. The molecule has 7 heteroatoms. The number of aromatic nitrogens is 2. The topological polar surface area (TPSA) is 96.4 Å². The van der Waals surface area contributed by atoms with E-state index in [0.29, 0.717) is 22.4 Å². The molecule has 0 saturated heterocycles. The minimum absolute atomic E-state index is 0.111. The van der Waals surface area contributed by atoms with Crippen molar-refractivity contribution in [1.82, 2.24) is 9.78 Å². The lowest BCUT2D eigenvalue weighted by atomic mass is 10.1. The summed E-state index contributed by atoms with van der Waals surface area (Å²) in [5, 5.41) is 4.18. The maximum Gasteiger partial charge on any atom is 0.273 e. The lowest BCUT2D eigenvalue weighted by Crippen LogP contribution is -2.26. The Morgan fingerprint density at radius 2 is 2.06 bits per heavy atom. The third kappa shape index (κ3) is 1.33. The van der Waals surface area contributed by atoms with E-state index in [0.717, 1.165) is 0 Å². The van der Waals surface area contributed by atoms with Gasteiger partial charge in [-0.3, -0.25) is 14.3 Å². The molecule has 0 saturated carbocycles. The fraction of sp³-hybridized carbons (Fsp3) is 0.182. The summed E-state index contributed by atoms with van der Waals surface area (Å²) in [6, 6.07) is 3.19. The molecule has 1 amide bonds. The van der Waals surface area contributed by atoms with Gasteiger partial charge >= 0.3 is 0 Å². The molecule has 0 spiro atoms. The van der Waals surface area contributed by atoms with E-state index in [-0.39, 0.29) is 12.5 Å². The summed E-state index contributed by atoms with van der Waals surface area (Å²) in [6.45, 7) is 0.111. The number of carbonyl (C=O) groups is 1. The second-order valence-electron chi connectivity index (χ2n) is 3.89. The van der Waals surface area contributed by atoms with E-state index >= 15 is 0 Å². The van der Waals surface area contributed by atoms with Crippen LogP contribution in [0.15, 0.2) is 16.9 Å². The molecule has 0 unspecified atom stereocenters. The van der Waals surface area contributed by atoms with Crippen LogP contribution in [0, 0.1) is 0 Å². The third-order valence-electron chi connectivity index (χ3n) is 2.78. The van der Waals surface area contributed by atoms with Gasteiger partial charge in [0.15, 0.2) is 17.2 Å². The Balaban J connectivity index is 2.43. The summed E-state index contributed by atoms with van der Waals surface area (Å²) in [7, 11) is 1.62. The van der Waals surface area contributed by atoms with Crippen molar-refractivity contribution < 1.29 is 14.3 Å². The number of fused-ring (bicyclic) bond motifs is 2. The lowest BCUT2D eigenvalue weighted by molar-refractivity contribution is 0.0992. The third-order valence-corrected chi connectivity index (χ3v) is 2.78. The molecule has 1 aliphatic rings. The molecule has 1 aliphatic heterocycles. The molecule has 0 bridgehead atoms. The zero-order valence-corrected chi connectivity index (χ0v) is 9.47. The number of aryl methyl sites for hydroxylation is 1. The Hall–Kier alpha value is -2.57. The zero-order chi connectivity index (χ0) is 12.9. The van der Waals surface area contributed by atoms with Crippen LogP contribution in [-0.4, -0.2) is 22.5 Å². The van der Waals surface area contributed by atoms with Crippen LogP contribution in [-0.2, 0) is 7.05 Å². The molecule has 7 nitrogen and oxygen atoms in total. The van der Waals surface area contributed by atoms with E-state index in [1.54, 1.807) is 13.1 Å². The Labute approximate surface area is 101 Å². The second kappa shape index (κ2) is 3.46. The van der Waals surface area contributed by atoms with Crippen LogP contribution >= 0.6 is 0 Å². The molecule has 92 valence electrons. The zero-order valence-electron chi connectivity index (χ0n) is 9.47. The highest BCUT2D eigenvalue weighted by Crippen LogP contribution is 2.34. The van der Waals surface area contributed by atoms with Gasteiger partial charge in [-0.1, -0.05) is 0 Å². The van der Waals surface area contributed by atoms with Crippen LogP contribution in [0.2, 0.25) is 0 Å². The van der Waals surface area contributed by atoms with E-state index in [9.17, 15) is 9.59 Å². The highest BCUT2D eigenvalue weighted by molar-refractivity contribution is 5.94. The molecule has 1 aromatic carbocycles. The summed E-state index contributed by atoms with van der Waals surface area (Å²) in [5.41, 5.74) is 4.87. The summed E-state index contributed by atoms with van der Waals surface area (Å²) in [4.78, 5) is 23.2. The maximum atomic E-state index is 12.0. The molecular weight excluding hydrogens is 238 g/mol. The Bertz CT molecular complexity index is 735. The van der Waals surface area contributed by atoms with Gasteiger partial charge in [0.25, 0.3) is 5.91 Å². The molecule has 1 aromatic heterocycles. The fourth-order valence-electron chi connectivity index (χ4n) is 1.92. The van der Waals surface area contributed by atoms with Gasteiger partial charge in [0.1, 0.15) is 0 Å². The number of nitrogens with zero attached hydrogens (tertiary/aromatic N) is 2. The number of benzene rings is 1. The fourth-order valence-corrected chi connectivity index (χ4v) is 1.92. The Kier molecular flexibility index (Phi) is 2.03. The van der Waals surface area contributed by atoms with Crippen LogP contribution < -0.4 is 20.6 Å². The quantitative estimate of drug-likeness (QED) is 0.750. The van der Waals surface area contributed by atoms with Crippen molar-refractivity contribution in [3.05, 3.63) is 28.0 Å². The number of hydrogen-bond donors (Lipinski definition) is 1. The maximum absolute atomic E-state index is 12.0. The molecule has 0 aliphatic carbocycles. The highest BCUT2D eigenvalue weighted by atomic mass is 16.7. The number of amides is 1. The van der Waals surface area contributed by atoms with Gasteiger partial charge in [-0.2, -0.15) is 5.10 Å². The van der Waals surface area contributed by atoms with Crippen molar-refractivity contribution in [1.29, 1.82) is 0 Å². The predicted octanol–water partition coefficient (Wildman–Crippen LogP) is -0.239. The Morgan fingerprint density at radius 1 is 1.39 bits per heavy atom. The Morgan fingerprint density at radius 3 is 2.72 bits per heavy atom. The SMILES string of the molecule is Cn1nc(C(N)=O)c(=O)c2cc3c(cc21)OCO3. The van der Waals surface area contributed by atoms with Crippen molar-refractivity contribution in [3.63, 3.8) is 0 Å². The van der Waals surface area contributed by atoms with Gasteiger partial charge in [-0.15, -0.1) is 0 Å². The minimum atomic E-state index is -0.852. The molecular formula is C11H9N3O4. The van der Waals surface area contributed by atoms with Crippen molar-refractivity contribution in [2.45, 2.75) is 0 Å². The largest absolute Gasteiger partial charge is 0.454 e. The van der Waals surface area contributed by atoms with Crippen LogP contribution in [0.25, 0.3) is 10.9 Å². The normalized spacial score (nSPS) is 12.9. The number of carbonyl (C=O) groups excluding carboxylic acids is 1. The van der Waals surface area contributed by atoms with E-state index in [2.05, 4.69) is 5.10 Å². The molecule has 18 heavy (non-hydrogen) atoms. The first-order chi connectivity index (χ1) is 8.58. The van der Waals surface area contributed by atoms with E-state index in [4.69, 9.17) is 15.2 Å². The summed E-state index contributed by atoms with van der Waals surface area (Å²) in [6.07, 6.45) is 0. The van der Waals surface area contributed by atoms with Gasteiger partial charge in [-0.25, -0.2) is 0 Å². The van der Waals surface area contributed by atoms with Crippen LogP contribution in [0.4, 0.5) is 0 Å². The van der Waals surface area contributed by atoms with Gasteiger partial charge < -0.3 is 15.2 Å². The highest BCUT2D eigenvalue weighted by Gasteiger charge is 2.19. The molecule has 2 N–H and O–H groups in total. The summed E-state index contributed by atoms with van der Waals surface area (Å²) < 4.78 is 11.8. The molecule has 2 aromatic rings. The van der Waals surface area contributed by atoms with E-state index in [1.807, 2.05) is 0 Å². The van der Waals surface area contributed by atoms with Gasteiger partial charge in [-0.05, 0) is 6.07 Å². The first-order valence-corrected chi connectivity index (χ1v) is 5.18. The number of primary amides is 1. The molecule has 3 rings (SSSR count). The first kappa shape index (κ1) is 10.6. The van der Waals surface area contributed by atoms with Crippen LogP contribution in [0.5, 0.6) is 11.5 Å². The lowest BCUT2D eigenvalue weighted by Gasteiger charge is -2.06. The van der Waals surface area contributed by atoms with E-state index in [1.165, 1.54) is 10.7 Å². The van der Waals surface area contributed by atoms with Gasteiger partial charge in [0, 0.05) is 13.1 Å². The summed E-state index contributed by atoms with van der Waals surface area (Å²) >= 11 is 0. The van der Waals surface area contributed by atoms with Gasteiger partial charge in [0.2, 0.25) is 12.2 Å². The van der Waals surface area contributed by atoms with Gasteiger partial charge in [0.05, 0.1) is 10.9 Å². The minimum Gasteiger partial charge on any atom is -0.454 e. The number of ether oxygens (including phenoxy) is 2. The number of hydrogen-bond acceptors (Lipinski definition) is 5. The molecule has 2 heterocycles. The second-order valence-corrected chi connectivity index (χ2v) is 3.89. The van der Waals surface area contributed by atoms with E-state index < -0.39 is 11.3 Å². The average Bonchev–Trinajstić information content (AvgIpc) is 2.78. The van der Waals surface area contributed by atoms with Crippen LogP contribution in [0.3, 0.4) is 0 Å². The molecule has 0 radical (unpaired) electrons. The van der Waals surface area contributed by atoms with Crippen molar-refractivity contribution in [3.8, 4) is 11.5 Å². The molecule has 0 atom stereocenters. The van der Waals surface area contributed by atoms with Crippen molar-refractivity contribution in [2.24, 2.45) is 12.8 Å². The first-order valence-electron chi connectivity index (χ1n) is 5.18. The van der Waals surface area contributed by atoms with Crippen molar-refractivity contribution in [2.75, 3.05) is 6.79 Å². The standard InChI is InChI=1S/C11H9N3O4/c1-14-6-3-8-7(17-4-18-8)2-5(6)10(15)9(13-14)11(12)16/h2-3H,4H2,1H3,(H2,12,16). The monoisotopic (exact) mass is 247 g/mol. The number of rotatable bonds is 1.